The summed E-state index contributed by atoms with van der Waals surface area (Å²) in [5.74, 6) is -1.09. The number of thiazole rings is 1. The Morgan fingerprint density at radius 1 is 0.761 bits per heavy atom. The van der Waals surface area contributed by atoms with Crippen LogP contribution in [-0.2, 0) is 19.1 Å². The van der Waals surface area contributed by atoms with E-state index < -0.39 is 51.6 Å². The lowest BCUT2D eigenvalue weighted by atomic mass is 9.84. The number of nitrogens with zero attached hydrogens (tertiary/aromatic N) is 2. The van der Waals surface area contributed by atoms with Crippen molar-refractivity contribution < 1.29 is 24.2 Å². The van der Waals surface area contributed by atoms with Gasteiger partial charge in [0.25, 0.3) is 0 Å². The summed E-state index contributed by atoms with van der Waals surface area (Å²) in [6.07, 6.45) is -1.68. The molecule has 3 N–H and O–H groups in total. The molecule has 0 radical (unpaired) electrons. The number of carbonyl (C=O) groups excluding carboxylic acids is 3. The van der Waals surface area contributed by atoms with E-state index in [4.69, 9.17) is 4.74 Å². The fraction of sp³-hybridized carbons (Fsp3) is 0.250. The Kier molecular flexibility index (Phi) is 13.2. The quantitative estimate of drug-likeness (QED) is 0.0929. The number of aromatic nitrogens is 1. The van der Waals surface area contributed by atoms with Crippen LogP contribution in [-0.4, -0.2) is 69.0 Å². The molecule has 0 bridgehead atoms. The fourth-order valence-electron chi connectivity index (χ4n) is 9.81. The highest BCUT2D eigenvalue weighted by Crippen LogP contribution is 2.54. The second kappa shape index (κ2) is 19.4. The minimum absolute atomic E-state index is 0.0428. The molecule has 1 saturated heterocycles. The van der Waals surface area contributed by atoms with E-state index in [2.05, 4.69) is 76.3 Å². The second-order valence-corrected chi connectivity index (χ2v) is 20.6. The van der Waals surface area contributed by atoms with Gasteiger partial charge in [0.15, 0.2) is 0 Å². The number of nitrogens with one attached hydrogen (secondary N) is 2. The maximum absolute atomic E-state index is 15.6. The Morgan fingerprint density at radius 3 is 1.81 bits per heavy atom. The Balaban J connectivity index is 1.04. The average Bonchev–Trinajstić information content (AvgIpc) is 4.07. The SMILES string of the molecule is Cc1ncsc1-c1ccc([C@H](C)NC(=O)[C@H]2C[C@@H](O)CN2C(=O)[C@@H](NC(=O)OCC2c3ccccc3-c3ccccc32)C(C)(C)SC(c2ccccc2)(c2ccccc2)c2ccccc2)cc1. The Hall–Kier alpha value is -6.53. The van der Waals surface area contributed by atoms with Crippen molar-refractivity contribution in [3.8, 4) is 21.6 Å². The molecule has 0 unspecified atom stereocenters. The topological polar surface area (TPSA) is 121 Å². The molecule has 1 aliphatic carbocycles. The van der Waals surface area contributed by atoms with Gasteiger partial charge in [-0.15, -0.1) is 23.1 Å². The van der Waals surface area contributed by atoms with Crippen molar-refractivity contribution in [2.75, 3.05) is 13.2 Å². The molecule has 67 heavy (non-hydrogen) atoms. The molecule has 2 aliphatic rings. The number of carbonyl (C=O) groups is 3. The monoisotopic (exact) mass is 926 g/mol. The van der Waals surface area contributed by atoms with Crippen molar-refractivity contribution in [3.63, 3.8) is 0 Å². The Morgan fingerprint density at radius 2 is 1.28 bits per heavy atom. The van der Waals surface area contributed by atoms with Gasteiger partial charge in [-0.1, -0.05) is 164 Å². The molecule has 4 atom stereocenters. The second-order valence-electron chi connectivity index (χ2n) is 17.9. The molecule has 0 spiro atoms. The van der Waals surface area contributed by atoms with Crippen molar-refractivity contribution in [2.45, 2.75) is 73.8 Å². The number of hydrogen-bond acceptors (Lipinski definition) is 8. The van der Waals surface area contributed by atoms with E-state index in [0.717, 1.165) is 60.6 Å². The molecule has 9 nitrogen and oxygen atoms in total. The van der Waals surface area contributed by atoms with E-state index >= 15 is 4.79 Å². The number of β-amino-alcohol motifs (C(OH)–C–C–N with tert-alkyl or cyclic N) is 1. The largest absolute Gasteiger partial charge is 0.449 e. The number of aliphatic hydroxyl groups excluding tert-OH is 1. The highest BCUT2D eigenvalue weighted by atomic mass is 32.2. The van der Waals surface area contributed by atoms with Crippen molar-refractivity contribution in [2.24, 2.45) is 0 Å². The van der Waals surface area contributed by atoms with E-state index in [1.165, 1.54) is 4.90 Å². The minimum Gasteiger partial charge on any atom is -0.449 e. The van der Waals surface area contributed by atoms with Gasteiger partial charge >= 0.3 is 6.09 Å². The number of alkyl carbamates (subject to hydrolysis) is 1. The van der Waals surface area contributed by atoms with Crippen molar-refractivity contribution in [1.82, 2.24) is 20.5 Å². The molecule has 3 amide bonds. The molecular weight excluding hydrogens is 873 g/mol. The number of fused-ring (bicyclic) bond motifs is 3. The molecule has 1 fully saturated rings. The van der Waals surface area contributed by atoms with Crippen LogP contribution in [0.4, 0.5) is 4.79 Å². The minimum atomic E-state index is -1.23. The van der Waals surface area contributed by atoms with Crippen molar-refractivity contribution in [3.05, 3.63) is 208 Å². The maximum Gasteiger partial charge on any atom is 0.407 e. The maximum atomic E-state index is 15.6. The van der Waals surface area contributed by atoms with Gasteiger partial charge in [-0.3, -0.25) is 9.59 Å². The van der Waals surface area contributed by atoms with Crippen LogP contribution < -0.4 is 10.6 Å². The summed E-state index contributed by atoms with van der Waals surface area (Å²) in [7, 11) is 0. The summed E-state index contributed by atoms with van der Waals surface area (Å²) in [5, 5.41) is 17.4. The van der Waals surface area contributed by atoms with Crippen LogP contribution in [0, 0.1) is 6.92 Å². The number of hydrogen-bond donors (Lipinski definition) is 3. The normalized spacial score (nSPS) is 16.7. The summed E-state index contributed by atoms with van der Waals surface area (Å²) in [5.41, 5.74) is 12.0. The van der Waals surface area contributed by atoms with Gasteiger partial charge < -0.3 is 25.4 Å². The van der Waals surface area contributed by atoms with E-state index in [-0.39, 0.29) is 25.5 Å². The number of likely N-dealkylation sites (tertiary alicyclic amines) is 1. The lowest BCUT2D eigenvalue weighted by molar-refractivity contribution is -0.140. The van der Waals surface area contributed by atoms with E-state index in [1.54, 1.807) is 23.1 Å². The van der Waals surface area contributed by atoms with E-state index in [1.807, 2.05) is 136 Å². The molecule has 9 rings (SSSR count). The first-order chi connectivity index (χ1) is 32.4. The highest BCUT2D eigenvalue weighted by Gasteiger charge is 2.51. The number of benzene rings is 6. The molecular formula is C56H54N4O5S2. The standard InChI is InChI=1S/C56H54N4O5S2/c1-36(38-28-30-39(31-29-38)50-37(2)57-35-66-50)58-52(62)49-32-43(61)33-60(49)53(63)51(59-54(64)65-34-48-46-26-16-14-24-44(46)45-25-15-17-27-47(45)48)55(3,4)67-56(40-18-8-5-9-19-40,41-20-10-6-11-21-41)42-22-12-7-13-23-42/h5-31,35-36,43,48-49,51,61H,32-34H2,1-4H3,(H,58,62)(H,59,64)/t36-,43+,49+,51+/m0/s1. The highest BCUT2D eigenvalue weighted by molar-refractivity contribution is 8.02. The predicted octanol–water partition coefficient (Wildman–Crippen LogP) is 10.7. The first kappa shape index (κ1) is 45.6. The van der Waals surface area contributed by atoms with Crippen LogP contribution in [0.1, 0.15) is 78.2 Å². The Labute approximate surface area is 400 Å². The molecule has 1 aromatic heterocycles. The first-order valence-corrected chi connectivity index (χ1v) is 24.4. The van der Waals surface area contributed by atoms with Gasteiger partial charge in [0.1, 0.15) is 18.7 Å². The van der Waals surface area contributed by atoms with Crippen LogP contribution in [0.25, 0.3) is 21.6 Å². The van der Waals surface area contributed by atoms with Gasteiger partial charge in [-0.2, -0.15) is 0 Å². The van der Waals surface area contributed by atoms with Crippen LogP contribution in [0.15, 0.2) is 169 Å². The smallest absolute Gasteiger partial charge is 0.407 e. The van der Waals surface area contributed by atoms with Crippen LogP contribution >= 0.6 is 23.1 Å². The van der Waals surface area contributed by atoms with Crippen molar-refractivity contribution >= 4 is 41.0 Å². The lowest BCUT2D eigenvalue weighted by Crippen LogP contribution is -2.60. The molecule has 7 aromatic rings. The van der Waals surface area contributed by atoms with Gasteiger partial charge in [0.05, 0.1) is 33.0 Å². The zero-order valence-electron chi connectivity index (χ0n) is 38.0. The third kappa shape index (κ3) is 9.16. The molecule has 340 valence electrons. The average molecular weight is 927 g/mol. The zero-order valence-corrected chi connectivity index (χ0v) is 39.6. The number of aryl methyl sites for hydroxylation is 1. The molecule has 11 heteroatoms. The molecule has 0 saturated carbocycles. The summed E-state index contributed by atoms with van der Waals surface area (Å²) < 4.78 is 4.17. The molecule has 2 heterocycles. The summed E-state index contributed by atoms with van der Waals surface area (Å²) in [6.45, 7) is 7.75. The van der Waals surface area contributed by atoms with E-state index in [0.29, 0.717) is 0 Å². The van der Waals surface area contributed by atoms with Gasteiger partial charge in [0, 0.05) is 23.6 Å². The fourth-order valence-corrected chi connectivity index (χ4v) is 12.4. The summed E-state index contributed by atoms with van der Waals surface area (Å²) in [4.78, 5) is 51.3. The number of ether oxygens (including phenoxy) is 1. The van der Waals surface area contributed by atoms with Crippen molar-refractivity contribution in [1.29, 1.82) is 0 Å². The third-order valence-electron chi connectivity index (χ3n) is 13.1. The van der Waals surface area contributed by atoms with Crippen LogP contribution in [0.3, 0.4) is 0 Å². The van der Waals surface area contributed by atoms with Gasteiger partial charge in [-0.05, 0) is 77.8 Å². The predicted molar refractivity (Wildman–Crippen MR) is 268 cm³/mol. The molecule has 1 aliphatic heterocycles. The van der Waals surface area contributed by atoms with Gasteiger partial charge in [0.2, 0.25) is 11.8 Å². The Bertz CT molecular complexity index is 2710. The first-order valence-electron chi connectivity index (χ1n) is 22.7. The number of amides is 3. The molecule has 6 aromatic carbocycles. The van der Waals surface area contributed by atoms with Gasteiger partial charge in [-0.25, -0.2) is 9.78 Å². The van der Waals surface area contributed by atoms with E-state index in [9.17, 15) is 14.7 Å². The van der Waals surface area contributed by atoms with Crippen LogP contribution in [0.5, 0.6) is 0 Å². The lowest BCUT2D eigenvalue weighted by Gasteiger charge is -2.45. The number of thioether (sulfide) groups is 1. The number of rotatable bonds is 14. The number of aliphatic hydroxyl groups is 1. The zero-order chi connectivity index (χ0) is 46.7. The summed E-state index contributed by atoms with van der Waals surface area (Å²) >= 11 is 3.13. The summed E-state index contributed by atoms with van der Waals surface area (Å²) in [6, 6.07) is 52.2. The third-order valence-corrected chi connectivity index (χ3v) is 15.9. The van der Waals surface area contributed by atoms with Crippen LogP contribution in [0.2, 0.25) is 0 Å².